The van der Waals surface area contributed by atoms with Crippen LogP contribution in [0, 0.1) is 0 Å². The number of hydrogen-bond acceptors (Lipinski definition) is 5. The Kier molecular flexibility index (Phi) is 4.97. The summed E-state index contributed by atoms with van der Waals surface area (Å²) in [6.07, 6.45) is -1.52. The van der Waals surface area contributed by atoms with Gasteiger partial charge in [-0.25, -0.2) is 4.98 Å². The largest absolute Gasteiger partial charge is 0.363 e. The van der Waals surface area contributed by atoms with Gasteiger partial charge in [0.25, 0.3) is 0 Å². The molecule has 2 unspecified atom stereocenters. The van der Waals surface area contributed by atoms with Gasteiger partial charge in [-0.1, -0.05) is 29.3 Å². The van der Waals surface area contributed by atoms with Crippen molar-refractivity contribution in [2.45, 2.75) is 6.29 Å². The standard InChI is InChI=1S/C10H8Cl2NO4PS/c11-6-2-1-5(3-7(6)12)9-13-8(4-19-9)10(14)17-18(15)16/h1-4,10,14,18H,(H,15,16). The SMILES string of the molecule is O=[PH](O)OC(O)c1csc(-c2ccc(Cl)c(Cl)c2)n1. The molecule has 0 amide bonds. The number of aliphatic hydroxyl groups is 1. The Hall–Kier alpha value is -0.460. The van der Waals surface area contributed by atoms with E-state index in [9.17, 15) is 9.67 Å². The van der Waals surface area contributed by atoms with Crippen LogP contribution in [-0.4, -0.2) is 15.0 Å². The Labute approximate surface area is 123 Å². The molecule has 2 rings (SSSR count). The molecule has 0 spiro atoms. The first-order valence-electron chi connectivity index (χ1n) is 4.96. The average molecular weight is 340 g/mol. The second-order valence-electron chi connectivity index (χ2n) is 3.44. The highest BCUT2D eigenvalue weighted by atomic mass is 35.5. The first-order chi connectivity index (χ1) is 8.97. The van der Waals surface area contributed by atoms with Crippen molar-refractivity contribution in [1.82, 2.24) is 4.98 Å². The second-order valence-corrected chi connectivity index (χ2v) is 5.88. The Morgan fingerprint density at radius 2 is 2.11 bits per heavy atom. The summed E-state index contributed by atoms with van der Waals surface area (Å²) in [5.74, 6) is 0. The molecule has 0 bridgehead atoms. The van der Waals surface area contributed by atoms with Crippen LogP contribution in [-0.2, 0) is 9.09 Å². The van der Waals surface area contributed by atoms with E-state index in [1.807, 2.05) is 0 Å². The van der Waals surface area contributed by atoms with Gasteiger partial charge in [-0.2, -0.15) is 0 Å². The first-order valence-corrected chi connectivity index (χ1v) is 7.86. The van der Waals surface area contributed by atoms with Crippen LogP contribution in [0.4, 0.5) is 0 Å². The highest BCUT2D eigenvalue weighted by molar-refractivity contribution is 7.32. The first kappa shape index (κ1) is 14.9. The van der Waals surface area contributed by atoms with E-state index in [0.29, 0.717) is 15.1 Å². The van der Waals surface area contributed by atoms with Crippen molar-refractivity contribution in [1.29, 1.82) is 0 Å². The van der Waals surface area contributed by atoms with Crippen LogP contribution in [0.2, 0.25) is 10.0 Å². The summed E-state index contributed by atoms with van der Waals surface area (Å²) < 4.78 is 14.9. The lowest BCUT2D eigenvalue weighted by molar-refractivity contribution is -0.0236. The summed E-state index contributed by atoms with van der Waals surface area (Å²) >= 11 is 13.0. The molecule has 0 aliphatic heterocycles. The fraction of sp³-hybridized carbons (Fsp3) is 0.100. The van der Waals surface area contributed by atoms with Crippen LogP contribution in [0.15, 0.2) is 23.6 Å². The molecule has 1 heterocycles. The minimum absolute atomic E-state index is 0.165. The zero-order valence-electron chi connectivity index (χ0n) is 9.21. The molecule has 19 heavy (non-hydrogen) atoms. The molecule has 9 heteroatoms. The van der Waals surface area contributed by atoms with Gasteiger partial charge in [0.2, 0.25) is 6.29 Å². The van der Waals surface area contributed by atoms with Crippen molar-refractivity contribution in [2.24, 2.45) is 0 Å². The van der Waals surface area contributed by atoms with Crippen molar-refractivity contribution >= 4 is 42.8 Å². The van der Waals surface area contributed by atoms with Crippen molar-refractivity contribution in [3.05, 3.63) is 39.3 Å². The van der Waals surface area contributed by atoms with Crippen molar-refractivity contribution < 1.29 is 19.1 Å². The van der Waals surface area contributed by atoms with Crippen LogP contribution in [0.3, 0.4) is 0 Å². The van der Waals surface area contributed by atoms with Crippen molar-refractivity contribution in [3.8, 4) is 10.6 Å². The summed E-state index contributed by atoms with van der Waals surface area (Å²) in [6, 6.07) is 5.02. The normalized spacial score (nSPS) is 14.3. The Balaban J connectivity index is 2.25. The Morgan fingerprint density at radius 1 is 1.37 bits per heavy atom. The second kappa shape index (κ2) is 6.33. The van der Waals surface area contributed by atoms with Gasteiger partial charge >= 0.3 is 8.25 Å². The van der Waals surface area contributed by atoms with Gasteiger partial charge in [0.1, 0.15) is 10.7 Å². The predicted molar refractivity (Wildman–Crippen MR) is 74.8 cm³/mol. The van der Waals surface area contributed by atoms with Gasteiger partial charge in [0.05, 0.1) is 10.0 Å². The Bertz CT molecular complexity index is 621. The summed E-state index contributed by atoms with van der Waals surface area (Å²) in [7, 11) is -3.22. The number of aliphatic hydroxyl groups excluding tert-OH is 1. The number of benzene rings is 1. The molecule has 102 valence electrons. The molecule has 2 aromatic rings. The lowest BCUT2D eigenvalue weighted by Gasteiger charge is -2.05. The van der Waals surface area contributed by atoms with E-state index in [-0.39, 0.29) is 5.69 Å². The molecule has 0 radical (unpaired) electrons. The lowest BCUT2D eigenvalue weighted by Crippen LogP contribution is -1.98. The fourth-order valence-corrected chi connectivity index (χ4v) is 2.75. The minimum Gasteiger partial charge on any atom is -0.363 e. The molecule has 5 nitrogen and oxygen atoms in total. The van der Waals surface area contributed by atoms with E-state index < -0.39 is 14.5 Å². The third-order valence-corrected chi connectivity index (χ3v) is 4.23. The average Bonchev–Trinajstić information content (AvgIpc) is 2.81. The summed E-state index contributed by atoms with van der Waals surface area (Å²) in [6.45, 7) is 0. The predicted octanol–water partition coefficient (Wildman–Crippen LogP) is 3.51. The van der Waals surface area contributed by atoms with E-state index in [0.717, 1.165) is 5.56 Å². The Morgan fingerprint density at radius 3 is 2.74 bits per heavy atom. The maximum Gasteiger partial charge on any atom is 0.319 e. The van der Waals surface area contributed by atoms with Gasteiger partial charge in [-0.15, -0.1) is 11.3 Å². The number of rotatable bonds is 4. The van der Waals surface area contributed by atoms with Crippen LogP contribution < -0.4 is 0 Å². The van der Waals surface area contributed by atoms with E-state index in [1.54, 1.807) is 18.2 Å². The van der Waals surface area contributed by atoms with Gasteiger partial charge in [-0.05, 0) is 12.1 Å². The highest BCUT2D eigenvalue weighted by Gasteiger charge is 2.15. The number of halogens is 2. The summed E-state index contributed by atoms with van der Waals surface area (Å²) in [4.78, 5) is 12.7. The number of hydrogen-bond donors (Lipinski definition) is 2. The fourth-order valence-electron chi connectivity index (χ4n) is 1.32. The third-order valence-electron chi connectivity index (χ3n) is 2.15. The molecular weight excluding hydrogens is 332 g/mol. The van der Waals surface area contributed by atoms with Crippen LogP contribution in [0.25, 0.3) is 10.6 Å². The minimum atomic E-state index is -3.22. The number of aromatic nitrogens is 1. The van der Waals surface area contributed by atoms with Crippen LogP contribution >= 0.6 is 42.8 Å². The van der Waals surface area contributed by atoms with Gasteiger partial charge in [0.15, 0.2) is 0 Å². The molecule has 2 atom stereocenters. The van der Waals surface area contributed by atoms with Crippen molar-refractivity contribution in [3.63, 3.8) is 0 Å². The topological polar surface area (TPSA) is 79.7 Å². The molecule has 0 saturated carbocycles. The molecule has 0 fully saturated rings. The molecular formula is C10H8Cl2NO4PS. The quantitative estimate of drug-likeness (QED) is 0.658. The van der Waals surface area contributed by atoms with Crippen LogP contribution in [0.5, 0.6) is 0 Å². The van der Waals surface area contributed by atoms with E-state index in [2.05, 4.69) is 9.51 Å². The summed E-state index contributed by atoms with van der Waals surface area (Å²) in [5, 5.41) is 12.4. The lowest BCUT2D eigenvalue weighted by atomic mass is 10.2. The molecule has 0 aliphatic carbocycles. The van der Waals surface area contributed by atoms with Crippen LogP contribution in [0.1, 0.15) is 12.0 Å². The zero-order chi connectivity index (χ0) is 14.0. The van der Waals surface area contributed by atoms with E-state index in [1.165, 1.54) is 16.7 Å². The summed E-state index contributed by atoms with van der Waals surface area (Å²) in [5.41, 5.74) is 0.896. The van der Waals surface area contributed by atoms with Gasteiger partial charge in [0, 0.05) is 10.9 Å². The molecule has 2 N–H and O–H groups in total. The smallest absolute Gasteiger partial charge is 0.319 e. The van der Waals surface area contributed by atoms with E-state index >= 15 is 0 Å². The monoisotopic (exact) mass is 339 g/mol. The van der Waals surface area contributed by atoms with Gasteiger partial charge in [-0.3, -0.25) is 9.09 Å². The number of nitrogens with zero attached hydrogens (tertiary/aromatic N) is 1. The molecule has 0 saturated heterocycles. The third kappa shape index (κ3) is 3.77. The van der Waals surface area contributed by atoms with E-state index in [4.69, 9.17) is 28.1 Å². The maximum absolute atomic E-state index is 10.5. The van der Waals surface area contributed by atoms with Crippen molar-refractivity contribution in [2.75, 3.05) is 0 Å². The van der Waals surface area contributed by atoms with Gasteiger partial charge < -0.3 is 10.00 Å². The molecule has 1 aromatic heterocycles. The molecule has 1 aromatic carbocycles. The number of thiazole rings is 1. The highest BCUT2D eigenvalue weighted by Crippen LogP contribution is 2.33. The molecule has 0 aliphatic rings. The maximum atomic E-state index is 10.5. The zero-order valence-corrected chi connectivity index (χ0v) is 12.5.